The van der Waals surface area contributed by atoms with E-state index in [2.05, 4.69) is 20.6 Å². The van der Waals surface area contributed by atoms with Crippen LogP contribution in [-0.4, -0.2) is 41.4 Å². The zero-order valence-electron chi connectivity index (χ0n) is 11.5. The highest BCUT2D eigenvalue weighted by Crippen LogP contribution is 2.16. The monoisotopic (exact) mass is 291 g/mol. The average molecular weight is 291 g/mol. The third-order valence-corrected chi connectivity index (χ3v) is 3.13. The number of likely N-dealkylation sites (N-methyl/N-ethyl adjacent to an activating group) is 1. The van der Waals surface area contributed by atoms with Gasteiger partial charge in [-0.2, -0.15) is 0 Å². The molecule has 20 heavy (non-hydrogen) atoms. The largest absolute Gasteiger partial charge is 0.351 e. The summed E-state index contributed by atoms with van der Waals surface area (Å²) in [5.74, 6) is 0.739. The first-order chi connectivity index (χ1) is 9.63. The molecule has 2 heterocycles. The molecule has 2 N–H and O–H groups in total. The molecule has 2 aromatic heterocycles. The summed E-state index contributed by atoms with van der Waals surface area (Å²) in [6.07, 6.45) is 3.48. The van der Waals surface area contributed by atoms with E-state index in [1.807, 2.05) is 36.5 Å². The fraction of sp³-hybridized carbons (Fsp3) is 0.308. The summed E-state index contributed by atoms with van der Waals surface area (Å²) in [5, 5.41) is 8.66. The highest BCUT2D eigenvalue weighted by molar-refractivity contribution is 7.13. The Bertz CT molecular complexity index is 538. The number of aromatic nitrogens is 2. The SMILES string of the molecule is CN(C)CC(=O)NCc1ccc(Nc2nccs2)nc1. The van der Waals surface area contributed by atoms with Crippen LogP contribution in [0.2, 0.25) is 0 Å². The van der Waals surface area contributed by atoms with Crippen molar-refractivity contribution in [1.82, 2.24) is 20.2 Å². The lowest BCUT2D eigenvalue weighted by atomic mass is 10.3. The molecule has 0 radical (unpaired) electrons. The second-order valence-electron chi connectivity index (χ2n) is 4.53. The Labute approximate surface area is 121 Å². The fourth-order valence-electron chi connectivity index (χ4n) is 1.54. The topological polar surface area (TPSA) is 70.2 Å². The fourth-order valence-corrected chi connectivity index (χ4v) is 2.08. The number of nitrogens with zero attached hydrogens (tertiary/aromatic N) is 3. The standard InChI is InChI=1S/C13H17N5OS/c1-18(2)9-12(19)16-8-10-3-4-11(15-7-10)17-13-14-5-6-20-13/h3-7H,8-9H2,1-2H3,(H,16,19)(H,14,15,17). The zero-order chi connectivity index (χ0) is 14.4. The van der Waals surface area contributed by atoms with Gasteiger partial charge in [0.1, 0.15) is 5.82 Å². The summed E-state index contributed by atoms with van der Waals surface area (Å²) in [5.41, 5.74) is 0.960. The minimum absolute atomic E-state index is 0.0000120. The number of carbonyl (C=O) groups is 1. The van der Waals surface area contributed by atoms with Gasteiger partial charge < -0.3 is 15.5 Å². The minimum atomic E-state index is -0.0000120. The smallest absolute Gasteiger partial charge is 0.234 e. The molecule has 0 unspecified atom stereocenters. The van der Waals surface area contributed by atoms with Gasteiger partial charge in [-0.25, -0.2) is 9.97 Å². The highest BCUT2D eigenvalue weighted by atomic mass is 32.1. The molecular formula is C13H17N5OS. The zero-order valence-corrected chi connectivity index (χ0v) is 12.3. The maximum absolute atomic E-state index is 11.5. The average Bonchev–Trinajstić information content (AvgIpc) is 2.90. The summed E-state index contributed by atoms with van der Waals surface area (Å²) < 4.78 is 0. The Morgan fingerprint density at radius 2 is 2.20 bits per heavy atom. The van der Waals surface area contributed by atoms with Crippen molar-refractivity contribution in [2.24, 2.45) is 0 Å². The summed E-state index contributed by atoms with van der Waals surface area (Å²) in [6, 6.07) is 3.80. The first-order valence-electron chi connectivity index (χ1n) is 6.16. The van der Waals surface area contributed by atoms with Crippen LogP contribution in [-0.2, 0) is 11.3 Å². The Hall–Kier alpha value is -1.99. The summed E-state index contributed by atoms with van der Waals surface area (Å²) in [7, 11) is 3.72. The van der Waals surface area contributed by atoms with Gasteiger partial charge in [-0.1, -0.05) is 6.07 Å². The molecule has 0 aromatic carbocycles. The minimum Gasteiger partial charge on any atom is -0.351 e. The molecule has 0 saturated heterocycles. The lowest BCUT2D eigenvalue weighted by molar-refractivity contribution is -0.121. The number of anilines is 2. The maximum Gasteiger partial charge on any atom is 0.234 e. The van der Waals surface area contributed by atoms with Gasteiger partial charge in [0.2, 0.25) is 5.91 Å². The predicted octanol–water partition coefficient (Wildman–Crippen LogP) is 1.46. The lowest BCUT2D eigenvalue weighted by Gasteiger charge is -2.10. The Morgan fingerprint density at radius 3 is 2.80 bits per heavy atom. The number of thiazole rings is 1. The molecule has 7 heteroatoms. The molecule has 0 atom stereocenters. The van der Waals surface area contributed by atoms with Gasteiger partial charge >= 0.3 is 0 Å². The van der Waals surface area contributed by atoms with E-state index in [9.17, 15) is 4.79 Å². The van der Waals surface area contributed by atoms with Crippen molar-refractivity contribution < 1.29 is 4.79 Å². The van der Waals surface area contributed by atoms with Gasteiger partial charge in [-0.05, 0) is 25.7 Å². The second kappa shape index (κ2) is 6.97. The van der Waals surface area contributed by atoms with Crippen molar-refractivity contribution in [2.45, 2.75) is 6.54 Å². The van der Waals surface area contributed by atoms with Crippen LogP contribution in [0.5, 0.6) is 0 Å². The van der Waals surface area contributed by atoms with Crippen LogP contribution in [0, 0.1) is 0 Å². The third kappa shape index (κ3) is 4.60. The van der Waals surface area contributed by atoms with Crippen molar-refractivity contribution in [1.29, 1.82) is 0 Å². The lowest BCUT2D eigenvalue weighted by Crippen LogP contribution is -2.32. The van der Waals surface area contributed by atoms with Gasteiger partial charge in [-0.3, -0.25) is 4.79 Å². The first-order valence-corrected chi connectivity index (χ1v) is 7.04. The normalized spacial score (nSPS) is 10.6. The number of hydrogen-bond donors (Lipinski definition) is 2. The molecule has 0 aliphatic carbocycles. The summed E-state index contributed by atoms with van der Waals surface area (Å²) in [6.45, 7) is 0.869. The van der Waals surface area contributed by atoms with Crippen molar-refractivity contribution in [3.63, 3.8) is 0 Å². The Balaban J connectivity index is 1.84. The number of pyridine rings is 1. The molecule has 0 aliphatic rings. The maximum atomic E-state index is 11.5. The van der Waals surface area contributed by atoms with Crippen LogP contribution in [0.25, 0.3) is 0 Å². The van der Waals surface area contributed by atoms with Crippen LogP contribution >= 0.6 is 11.3 Å². The molecule has 6 nitrogen and oxygen atoms in total. The first kappa shape index (κ1) is 14.4. The quantitative estimate of drug-likeness (QED) is 0.843. The van der Waals surface area contributed by atoms with E-state index in [0.717, 1.165) is 16.5 Å². The molecule has 0 spiro atoms. The molecule has 1 amide bonds. The van der Waals surface area contributed by atoms with Crippen LogP contribution in [0.15, 0.2) is 29.9 Å². The Morgan fingerprint density at radius 1 is 1.35 bits per heavy atom. The number of carbonyl (C=O) groups excluding carboxylic acids is 1. The summed E-state index contributed by atoms with van der Waals surface area (Å²) >= 11 is 1.52. The van der Waals surface area contributed by atoms with E-state index in [-0.39, 0.29) is 5.91 Å². The van der Waals surface area contributed by atoms with Crippen LogP contribution in [0.1, 0.15) is 5.56 Å². The highest BCUT2D eigenvalue weighted by Gasteiger charge is 2.03. The van der Waals surface area contributed by atoms with Gasteiger partial charge in [0.05, 0.1) is 6.54 Å². The third-order valence-electron chi connectivity index (χ3n) is 2.44. The molecule has 0 fully saturated rings. The molecule has 2 aromatic rings. The van der Waals surface area contributed by atoms with E-state index in [1.54, 1.807) is 12.4 Å². The molecular weight excluding hydrogens is 274 g/mol. The number of rotatable bonds is 6. The van der Waals surface area contributed by atoms with Crippen molar-refractivity contribution in [2.75, 3.05) is 26.0 Å². The van der Waals surface area contributed by atoms with Crippen LogP contribution in [0.4, 0.5) is 10.9 Å². The van der Waals surface area contributed by atoms with E-state index >= 15 is 0 Å². The van der Waals surface area contributed by atoms with E-state index in [4.69, 9.17) is 0 Å². The van der Waals surface area contributed by atoms with Gasteiger partial charge in [-0.15, -0.1) is 11.3 Å². The van der Waals surface area contributed by atoms with E-state index < -0.39 is 0 Å². The number of amides is 1. The van der Waals surface area contributed by atoms with Crippen LogP contribution in [0.3, 0.4) is 0 Å². The molecule has 106 valence electrons. The second-order valence-corrected chi connectivity index (χ2v) is 5.42. The molecule has 0 aliphatic heterocycles. The van der Waals surface area contributed by atoms with Gasteiger partial charge in [0, 0.05) is 24.3 Å². The predicted molar refractivity (Wildman–Crippen MR) is 80.0 cm³/mol. The van der Waals surface area contributed by atoms with Gasteiger partial charge in [0.15, 0.2) is 5.13 Å². The molecule has 0 saturated carbocycles. The number of hydrogen-bond acceptors (Lipinski definition) is 6. The Kier molecular flexibility index (Phi) is 5.03. The number of nitrogens with one attached hydrogen (secondary N) is 2. The van der Waals surface area contributed by atoms with Crippen molar-refractivity contribution in [3.8, 4) is 0 Å². The van der Waals surface area contributed by atoms with Crippen molar-refractivity contribution in [3.05, 3.63) is 35.5 Å². The van der Waals surface area contributed by atoms with Gasteiger partial charge in [0.25, 0.3) is 0 Å². The van der Waals surface area contributed by atoms with Crippen molar-refractivity contribution >= 4 is 28.2 Å². The van der Waals surface area contributed by atoms with E-state index in [1.165, 1.54) is 11.3 Å². The van der Waals surface area contributed by atoms with E-state index in [0.29, 0.717) is 13.1 Å². The summed E-state index contributed by atoms with van der Waals surface area (Å²) in [4.78, 5) is 21.8. The molecule has 2 rings (SSSR count). The molecule has 0 bridgehead atoms. The van der Waals surface area contributed by atoms with Crippen LogP contribution < -0.4 is 10.6 Å².